The molecule has 5 heteroatoms. The van der Waals surface area contributed by atoms with Gasteiger partial charge in [0.05, 0.1) is 7.11 Å². The molecule has 2 aromatic rings. The lowest BCUT2D eigenvalue weighted by Gasteiger charge is -2.14. The van der Waals surface area contributed by atoms with Gasteiger partial charge in [-0.25, -0.2) is 13.6 Å². The summed E-state index contributed by atoms with van der Waals surface area (Å²) in [6.07, 6.45) is -1.56. The van der Waals surface area contributed by atoms with Gasteiger partial charge in [0.15, 0.2) is 6.10 Å². The van der Waals surface area contributed by atoms with Crippen LogP contribution in [0.2, 0.25) is 0 Å². The zero-order chi connectivity index (χ0) is 14.7. The summed E-state index contributed by atoms with van der Waals surface area (Å²) in [5.41, 5.74) is 0.370. The molecule has 20 heavy (non-hydrogen) atoms. The average Bonchev–Trinajstić information content (AvgIpc) is 2.48. The highest BCUT2D eigenvalue weighted by Gasteiger charge is 2.22. The van der Waals surface area contributed by atoms with E-state index >= 15 is 0 Å². The van der Waals surface area contributed by atoms with Crippen LogP contribution in [-0.4, -0.2) is 18.2 Å². The SMILES string of the molecule is COC(=O)C(O)c1ccccc1-c1cc(F)ccc1F. The third-order valence-electron chi connectivity index (χ3n) is 2.90. The summed E-state index contributed by atoms with van der Waals surface area (Å²) >= 11 is 0. The van der Waals surface area contributed by atoms with Crippen molar-refractivity contribution < 1.29 is 23.4 Å². The highest BCUT2D eigenvalue weighted by atomic mass is 19.1. The maximum atomic E-state index is 13.8. The normalized spacial score (nSPS) is 12.0. The van der Waals surface area contributed by atoms with Gasteiger partial charge >= 0.3 is 5.97 Å². The topological polar surface area (TPSA) is 46.5 Å². The van der Waals surface area contributed by atoms with E-state index < -0.39 is 23.7 Å². The molecule has 0 aromatic heterocycles. The van der Waals surface area contributed by atoms with Crippen LogP contribution in [0.1, 0.15) is 11.7 Å². The fourth-order valence-corrected chi connectivity index (χ4v) is 1.92. The van der Waals surface area contributed by atoms with Gasteiger partial charge in [0.25, 0.3) is 0 Å². The average molecular weight is 278 g/mol. The number of carbonyl (C=O) groups is 1. The van der Waals surface area contributed by atoms with Crippen molar-refractivity contribution in [3.8, 4) is 11.1 Å². The zero-order valence-electron chi connectivity index (χ0n) is 10.6. The highest BCUT2D eigenvalue weighted by Crippen LogP contribution is 2.31. The van der Waals surface area contributed by atoms with E-state index in [1.807, 2.05) is 0 Å². The van der Waals surface area contributed by atoms with Gasteiger partial charge in [-0.15, -0.1) is 0 Å². The second kappa shape index (κ2) is 5.79. The van der Waals surface area contributed by atoms with Crippen LogP contribution in [0.15, 0.2) is 42.5 Å². The molecule has 0 saturated heterocycles. The smallest absolute Gasteiger partial charge is 0.339 e. The van der Waals surface area contributed by atoms with Crippen molar-refractivity contribution in [1.29, 1.82) is 0 Å². The van der Waals surface area contributed by atoms with E-state index in [0.29, 0.717) is 0 Å². The minimum atomic E-state index is -1.56. The monoisotopic (exact) mass is 278 g/mol. The van der Waals surface area contributed by atoms with Crippen LogP contribution >= 0.6 is 0 Å². The molecule has 0 spiro atoms. The summed E-state index contributed by atoms with van der Waals surface area (Å²) in [4.78, 5) is 11.4. The molecule has 0 radical (unpaired) electrons. The van der Waals surface area contributed by atoms with Crippen molar-refractivity contribution >= 4 is 5.97 Å². The quantitative estimate of drug-likeness (QED) is 0.878. The van der Waals surface area contributed by atoms with E-state index in [1.54, 1.807) is 12.1 Å². The molecule has 0 aliphatic rings. The van der Waals surface area contributed by atoms with Gasteiger partial charge in [-0.1, -0.05) is 24.3 Å². The lowest BCUT2D eigenvalue weighted by molar-refractivity contribution is -0.150. The minimum Gasteiger partial charge on any atom is -0.467 e. The number of rotatable bonds is 3. The summed E-state index contributed by atoms with van der Waals surface area (Å²) in [5, 5.41) is 9.90. The van der Waals surface area contributed by atoms with Crippen molar-refractivity contribution in [2.75, 3.05) is 7.11 Å². The highest BCUT2D eigenvalue weighted by molar-refractivity contribution is 5.81. The van der Waals surface area contributed by atoms with E-state index in [9.17, 15) is 18.7 Å². The maximum Gasteiger partial charge on any atom is 0.339 e. The van der Waals surface area contributed by atoms with Crippen molar-refractivity contribution in [1.82, 2.24) is 0 Å². The van der Waals surface area contributed by atoms with Crippen LogP contribution in [0.5, 0.6) is 0 Å². The van der Waals surface area contributed by atoms with Crippen LogP contribution in [0.4, 0.5) is 8.78 Å². The number of benzene rings is 2. The van der Waals surface area contributed by atoms with E-state index in [0.717, 1.165) is 25.3 Å². The molecule has 3 nitrogen and oxygen atoms in total. The van der Waals surface area contributed by atoms with Gasteiger partial charge in [-0.2, -0.15) is 0 Å². The Labute approximate surface area is 114 Å². The summed E-state index contributed by atoms with van der Waals surface area (Å²) in [7, 11) is 1.14. The predicted molar refractivity (Wildman–Crippen MR) is 68.8 cm³/mol. The summed E-state index contributed by atoms with van der Waals surface area (Å²) in [6.45, 7) is 0. The molecular formula is C15H12F2O3. The van der Waals surface area contributed by atoms with Gasteiger partial charge in [-0.05, 0) is 29.3 Å². The van der Waals surface area contributed by atoms with Crippen molar-refractivity contribution in [2.45, 2.75) is 6.10 Å². The Morgan fingerprint density at radius 1 is 1.15 bits per heavy atom. The second-order valence-electron chi connectivity index (χ2n) is 4.14. The Kier molecular flexibility index (Phi) is 4.10. The molecule has 0 bridgehead atoms. The number of methoxy groups -OCH3 is 1. The van der Waals surface area contributed by atoms with Crippen LogP contribution in [0.25, 0.3) is 11.1 Å². The van der Waals surface area contributed by atoms with Gasteiger partial charge in [0, 0.05) is 5.56 Å². The van der Waals surface area contributed by atoms with Gasteiger partial charge in [0.2, 0.25) is 0 Å². The molecule has 2 rings (SSSR count). The summed E-state index contributed by atoms with van der Waals surface area (Å²) in [6, 6.07) is 9.15. The molecule has 0 aliphatic heterocycles. The Bertz CT molecular complexity index is 641. The Hall–Kier alpha value is -2.27. The first-order chi connectivity index (χ1) is 9.54. The fraction of sp³-hybridized carbons (Fsp3) is 0.133. The number of aliphatic hydroxyl groups excluding tert-OH is 1. The largest absolute Gasteiger partial charge is 0.467 e. The third kappa shape index (κ3) is 2.67. The van der Waals surface area contributed by atoms with Crippen LogP contribution < -0.4 is 0 Å². The molecule has 1 unspecified atom stereocenters. The maximum absolute atomic E-state index is 13.8. The number of carbonyl (C=O) groups excluding carboxylic acids is 1. The van der Waals surface area contributed by atoms with Gasteiger partial charge < -0.3 is 9.84 Å². The van der Waals surface area contributed by atoms with Crippen LogP contribution in [-0.2, 0) is 9.53 Å². The molecule has 104 valence electrons. The number of hydrogen-bond donors (Lipinski definition) is 1. The summed E-state index contributed by atoms with van der Waals surface area (Å²) in [5.74, 6) is -2.12. The van der Waals surface area contributed by atoms with Gasteiger partial charge in [-0.3, -0.25) is 0 Å². The Morgan fingerprint density at radius 2 is 1.85 bits per heavy atom. The minimum absolute atomic E-state index is 0.0245. The second-order valence-corrected chi connectivity index (χ2v) is 4.14. The molecule has 1 atom stereocenters. The number of halogens is 2. The fourth-order valence-electron chi connectivity index (χ4n) is 1.92. The molecule has 2 aromatic carbocycles. The molecule has 1 N–H and O–H groups in total. The van der Waals surface area contributed by atoms with E-state index in [2.05, 4.69) is 4.74 Å². The first-order valence-electron chi connectivity index (χ1n) is 5.85. The predicted octanol–water partition coefficient (Wildman–Crippen LogP) is 2.84. The van der Waals surface area contributed by atoms with E-state index in [4.69, 9.17) is 0 Å². The van der Waals surface area contributed by atoms with E-state index in [-0.39, 0.29) is 16.7 Å². The molecule has 0 saturated carbocycles. The lowest BCUT2D eigenvalue weighted by atomic mass is 9.95. The first-order valence-corrected chi connectivity index (χ1v) is 5.85. The summed E-state index contributed by atoms with van der Waals surface area (Å²) < 4.78 is 31.5. The number of ether oxygens (including phenoxy) is 1. The lowest BCUT2D eigenvalue weighted by Crippen LogP contribution is -2.14. The standard InChI is InChI=1S/C15H12F2O3/c1-20-15(19)14(18)11-5-3-2-4-10(11)12-8-9(16)6-7-13(12)17/h2-8,14,18H,1H3. The van der Waals surface area contributed by atoms with Crippen molar-refractivity contribution in [3.05, 3.63) is 59.7 Å². The number of hydrogen-bond acceptors (Lipinski definition) is 3. The van der Waals surface area contributed by atoms with Crippen molar-refractivity contribution in [2.24, 2.45) is 0 Å². The molecule has 0 aliphatic carbocycles. The van der Waals surface area contributed by atoms with Crippen LogP contribution in [0.3, 0.4) is 0 Å². The van der Waals surface area contributed by atoms with Crippen molar-refractivity contribution in [3.63, 3.8) is 0 Å². The first kappa shape index (κ1) is 14.1. The molecule has 0 fully saturated rings. The van der Waals surface area contributed by atoms with Gasteiger partial charge in [0.1, 0.15) is 11.6 Å². The number of aliphatic hydroxyl groups is 1. The number of esters is 1. The van der Waals surface area contributed by atoms with Crippen LogP contribution in [0, 0.1) is 11.6 Å². The molecular weight excluding hydrogens is 266 g/mol. The molecule has 0 amide bonds. The Morgan fingerprint density at radius 3 is 2.55 bits per heavy atom. The van der Waals surface area contributed by atoms with E-state index in [1.165, 1.54) is 12.1 Å². The molecule has 0 heterocycles. The Balaban J connectivity index is 2.58. The zero-order valence-corrected chi connectivity index (χ0v) is 10.6. The third-order valence-corrected chi connectivity index (χ3v) is 2.90.